The minimum Gasteiger partial charge on any atom is -0.381 e. The lowest BCUT2D eigenvalue weighted by molar-refractivity contribution is -0.118. The minimum absolute atomic E-state index is 0.0981. The Kier molecular flexibility index (Phi) is 4.71. The summed E-state index contributed by atoms with van der Waals surface area (Å²) in [5.74, 6) is 0.661. The Morgan fingerprint density at radius 3 is 2.79 bits per heavy atom. The maximum Gasteiger partial charge on any atom is 0.251 e. The molecule has 19 heavy (non-hydrogen) atoms. The first-order chi connectivity index (χ1) is 9.20. The molecule has 1 aliphatic rings. The van der Waals surface area contributed by atoms with E-state index in [2.05, 4.69) is 16.9 Å². The van der Waals surface area contributed by atoms with Crippen LogP contribution in [0, 0.1) is 0 Å². The summed E-state index contributed by atoms with van der Waals surface area (Å²) in [7, 11) is 0. The smallest absolute Gasteiger partial charge is 0.251 e. The largest absolute Gasteiger partial charge is 0.381 e. The van der Waals surface area contributed by atoms with E-state index in [0.29, 0.717) is 25.6 Å². The zero-order valence-corrected chi connectivity index (χ0v) is 11.7. The van der Waals surface area contributed by atoms with Crippen LogP contribution in [0.4, 0.5) is 0 Å². The summed E-state index contributed by atoms with van der Waals surface area (Å²) in [6.45, 7) is 5.92. The van der Waals surface area contributed by atoms with Crippen molar-refractivity contribution in [2.24, 2.45) is 0 Å². The van der Waals surface area contributed by atoms with Crippen molar-refractivity contribution in [3.05, 3.63) is 27.9 Å². The molecule has 1 N–H and O–H groups in total. The van der Waals surface area contributed by atoms with Gasteiger partial charge in [0.05, 0.1) is 0 Å². The number of nitrogens with one attached hydrogen (secondary N) is 1. The highest BCUT2D eigenvalue weighted by Gasteiger charge is 2.37. The van der Waals surface area contributed by atoms with Crippen LogP contribution in [0.3, 0.4) is 0 Å². The summed E-state index contributed by atoms with van der Waals surface area (Å²) < 4.78 is 11.3. The number of nitrogens with zero attached hydrogens (tertiary/aromatic N) is 1. The highest BCUT2D eigenvalue weighted by molar-refractivity contribution is 5.10. The number of hydrogen-bond acceptors (Lipinski definition) is 4. The van der Waals surface area contributed by atoms with Crippen molar-refractivity contribution in [2.75, 3.05) is 19.8 Å². The SMILES string of the molecule is CCCc1cc(=O)[nH]c(C2(OCC)CCOCC2)n1. The Bertz CT molecular complexity index is 458. The quantitative estimate of drug-likeness (QED) is 0.882. The maximum absolute atomic E-state index is 11.8. The van der Waals surface area contributed by atoms with Crippen LogP contribution in [0.1, 0.15) is 44.6 Å². The van der Waals surface area contributed by atoms with Crippen LogP contribution in [0.5, 0.6) is 0 Å². The maximum atomic E-state index is 11.8. The van der Waals surface area contributed by atoms with Gasteiger partial charge in [0, 0.05) is 44.4 Å². The molecule has 0 spiro atoms. The van der Waals surface area contributed by atoms with E-state index in [9.17, 15) is 4.79 Å². The van der Waals surface area contributed by atoms with Gasteiger partial charge in [0.2, 0.25) is 0 Å². The molecular weight excluding hydrogens is 244 g/mol. The predicted molar refractivity (Wildman–Crippen MR) is 72.2 cm³/mol. The van der Waals surface area contributed by atoms with Gasteiger partial charge in [-0.25, -0.2) is 4.98 Å². The number of aryl methyl sites for hydroxylation is 1. The molecule has 0 saturated carbocycles. The second-order valence-corrected chi connectivity index (χ2v) is 4.88. The lowest BCUT2D eigenvalue weighted by Gasteiger charge is -2.35. The first kappa shape index (κ1) is 14.2. The van der Waals surface area contributed by atoms with Gasteiger partial charge in [0.15, 0.2) is 0 Å². The zero-order valence-electron chi connectivity index (χ0n) is 11.7. The lowest BCUT2D eigenvalue weighted by Crippen LogP contribution is -2.39. The van der Waals surface area contributed by atoms with Crippen LogP contribution in [-0.2, 0) is 21.5 Å². The molecule has 5 heteroatoms. The third kappa shape index (κ3) is 3.22. The number of hydrogen-bond donors (Lipinski definition) is 1. The van der Waals surface area contributed by atoms with Gasteiger partial charge in [-0.15, -0.1) is 0 Å². The number of ether oxygens (including phenoxy) is 2. The Hall–Kier alpha value is -1.20. The fourth-order valence-corrected chi connectivity index (χ4v) is 2.53. The molecule has 0 aliphatic carbocycles. The molecule has 1 aromatic rings. The summed E-state index contributed by atoms with van der Waals surface area (Å²) >= 11 is 0. The Morgan fingerprint density at radius 2 is 2.16 bits per heavy atom. The van der Waals surface area contributed by atoms with Crippen molar-refractivity contribution in [3.8, 4) is 0 Å². The molecule has 5 nitrogen and oxygen atoms in total. The van der Waals surface area contributed by atoms with Gasteiger partial charge < -0.3 is 14.5 Å². The summed E-state index contributed by atoms with van der Waals surface area (Å²) in [6.07, 6.45) is 3.26. The lowest BCUT2D eigenvalue weighted by atomic mass is 9.92. The molecule has 0 aromatic carbocycles. The van der Waals surface area contributed by atoms with Gasteiger partial charge in [-0.3, -0.25) is 4.79 Å². The van der Waals surface area contributed by atoms with Gasteiger partial charge in [-0.1, -0.05) is 13.3 Å². The molecule has 1 aliphatic heterocycles. The predicted octanol–water partition coefficient (Wildman–Crippen LogP) is 1.76. The Balaban J connectivity index is 2.37. The molecule has 2 rings (SSSR count). The Labute approximate surface area is 113 Å². The number of H-pyrrole nitrogens is 1. The van der Waals surface area contributed by atoms with E-state index in [1.54, 1.807) is 6.07 Å². The van der Waals surface area contributed by atoms with Crippen LogP contribution in [0.25, 0.3) is 0 Å². The Morgan fingerprint density at radius 1 is 1.42 bits per heavy atom. The van der Waals surface area contributed by atoms with Crippen LogP contribution in [-0.4, -0.2) is 29.8 Å². The number of aromatic amines is 1. The van der Waals surface area contributed by atoms with E-state index in [0.717, 1.165) is 31.4 Å². The molecule has 2 heterocycles. The van der Waals surface area contributed by atoms with E-state index in [4.69, 9.17) is 9.47 Å². The molecule has 0 radical (unpaired) electrons. The van der Waals surface area contributed by atoms with Gasteiger partial charge in [-0.05, 0) is 13.3 Å². The monoisotopic (exact) mass is 266 g/mol. The molecule has 1 fully saturated rings. The highest BCUT2D eigenvalue weighted by atomic mass is 16.5. The van der Waals surface area contributed by atoms with Crippen molar-refractivity contribution in [1.82, 2.24) is 9.97 Å². The highest BCUT2D eigenvalue weighted by Crippen LogP contribution is 2.33. The third-order valence-electron chi connectivity index (χ3n) is 3.45. The molecule has 0 atom stereocenters. The molecule has 0 bridgehead atoms. The van der Waals surface area contributed by atoms with Crippen LogP contribution >= 0.6 is 0 Å². The minimum atomic E-state index is -0.490. The molecule has 0 amide bonds. The van der Waals surface area contributed by atoms with Gasteiger partial charge in [0.1, 0.15) is 11.4 Å². The first-order valence-electron chi connectivity index (χ1n) is 7.02. The summed E-state index contributed by atoms with van der Waals surface area (Å²) in [5.41, 5.74) is 0.251. The summed E-state index contributed by atoms with van der Waals surface area (Å²) in [6, 6.07) is 1.58. The molecule has 1 saturated heterocycles. The van der Waals surface area contributed by atoms with Gasteiger partial charge >= 0.3 is 0 Å². The molecule has 1 aromatic heterocycles. The van der Waals surface area contributed by atoms with E-state index < -0.39 is 5.60 Å². The standard InChI is InChI=1S/C14H22N2O3/c1-3-5-11-10-12(17)16-13(15-11)14(19-4-2)6-8-18-9-7-14/h10H,3-9H2,1-2H3,(H,15,16,17). The van der Waals surface area contributed by atoms with E-state index in [1.165, 1.54) is 0 Å². The van der Waals surface area contributed by atoms with Crippen LogP contribution in [0.15, 0.2) is 10.9 Å². The third-order valence-corrected chi connectivity index (χ3v) is 3.45. The van der Waals surface area contributed by atoms with Crippen molar-refractivity contribution >= 4 is 0 Å². The summed E-state index contributed by atoms with van der Waals surface area (Å²) in [5, 5.41) is 0. The second-order valence-electron chi connectivity index (χ2n) is 4.88. The molecule has 0 unspecified atom stereocenters. The summed E-state index contributed by atoms with van der Waals surface area (Å²) in [4.78, 5) is 19.2. The fourth-order valence-electron chi connectivity index (χ4n) is 2.53. The van der Waals surface area contributed by atoms with Crippen molar-refractivity contribution < 1.29 is 9.47 Å². The van der Waals surface area contributed by atoms with Crippen molar-refractivity contribution in [2.45, 2.75) is 45.1 Å². The molecule has 106 valence electrons. The number of aromatic nitrogens is 2. The van der Waals surface area contributed by atoms with E-state index in [-0.39, 0.29) is 5.56 Å². The van der Waals surface area contributed by atoms with Gasteiger partial charge in [-0.2, -0.15) is 0 Å². The van der Waals surface area contributed by atoms with Gasteiger partial charge in [0.25, 0.3) is 5.56 Å². The van der Waals surface area contributed by atoms with Crippen molar-refractivity contribution in [1.29, 1.82) is 0 Å². The molecular formula is C14H22N2O3. The topological polar surface area (TPSA) is 64.2 Å². The average molecular weight is 266 g/mol. The fraction of sp³-hybridized carbons (Fsp3) is 0.714. The average Bonchev–Trinajstić information content (AvgIpc) is 2.40. The zero-order chi connectivity index (χ0) is 13.7. The second kappa shape index (κ2) is 6.30. The number of rotatable bonds is 5. The van der Waals surface area contributed by atoms with Crippen LogP contribution in [0.2, 0.25) is 0 Å². The van der Waals surface area contributed by atoms with E-state index in [1.807, 2.05) is 6.92 Å². The van der Waals surface area contributed by atoms with Crippen molar-refractivity contribution in [3.63, 3.8) is 0 Å². The first-order valence-corrected chi connectivity index (χ1v) is 7.02. The van der Waals surface area contributed by atoms with E-state index >= 15 is 0 Å². The van der Waals surface area contributed by atoms with Crippen LogP contribution < -0.4 is 5.56 Å². The normalized spacial score (nSPS) is 18.4.